The third kappa shape index (κ3) is 3.90. The predicted octanol–water partition coefficient (Wildman–Crippen LogP) is 1.44. The van der Waals surface area contributed by atoms with E-state index in [0.717, 1.165) is 16.7 Å². The summed E-state index contributed by atoms with van der Waals surface area (Å²) in [7, 11) is 0. The van der Waals surface area contributed by atoms with E-state index in [0.29, 0.717) is 0 Å². The van der Waals surface area contributed by atoms with E-state index >= 15 is 0 Å². The molecule has 0 aliphatic heterocycles. The minimum absolute atomic E-state index is 0.213. The number of aryl methyl sites for hydroxylation is 2. The Morgan fingerprint density at radius 1 is 1.35 bits per heavy atom. The van der Waals surface area contributed by atoms with Gasteiger partial charge in [0, 0.05) is 0 Å². The fourth-order valence-corrected chi connectivity index (χ4v) is 1.52. The molecule has 2 N–H and O–H groups in total. The standard InChI is InChI=1S/C13H17NO3/c1-8-4-5-9(2)11(6-8)7-12(15)14-10(3)13(16)17/h4-6,10H,7H2,1-3H3,(H,14,15)(H,16,17). The highest BCUT2D eigenvalue weighted by molar-refractivity contribution is 5.84. The second kappa shape index (κ2) is 5.48. The minimum Gasteiger partial charge on any atom is -0.480 e. The van der Waals surface area contributed by atoms with Crippen LogP contribution in [-0.4, -0.2) is 23.0 Å². The highest BCUT2D eigenvalue weighted by Crippen LogP contribution is 2.11. The molecule has 4 heteroatoms. The van der Waals surface area contributed by atoms with Crippen LogP contribution in [0.25, 0.3) is 0 Å². The predicted molar refractivity (Wildman–Crippen MR) is 64.9 cm³/mol. The number of hydrogen-bond donors (Lipinski definition) is 2. The molecule has 0 spiro atoms. The molecule has 0 saturated heterocycles. The topological polar surface area (TPSA) is 66.4 Å². The average Bonchev–Trinajstić information content (AvgIpc) is 2.23. The van der Waals surface area contributed by atoms with Crippen LogP contribution >= 0.6 is 0 Å². The van der Waals surface area contributed by atoms with Crippen LogP contribution in [0.1, 0.15) is 23.6 Å². The van der Waals surface area contributed by atoms with Gasteiger partial charge in [-0.25, -0.2) is 0 Å². The quantitative estimate of drug-likeness (QED) is 0.829. The van der Waals surface area contributed by atoms with Crippen molar-refractivity contribution >= 4 is 11.9 Å². The molecule has 1 aromatic rings. The van der Waals surface area contributed by atoms with Gasteiger partial charge in [0.05, 0.1) is 6.42 Å². The van der Waals surface area contributed by atoms with E-state index in [9.17, 15) is 9.59 Å². The Morgan fingerprint density at radius 3 is 2.59 bits per heavy atom. The first-order chi connectivity index (χ1) is 7.90. The molecule has 0 saturated carbocycles. The molecular formula is C13H17NO3. The Hall–Kier alpha value is -1.84. The summed E-state index contributed by atoms with van der Waals surface area (Å²) in [6, 6.07) is 5.03. The van der Waals surface area contributed by atoms with E-state index in [4.69, 9.17) is 5.11 Å². The van der Waals surface area contributed by atoms with Gasteiger partial charge in [-0.3, -0.25) is 9.59 Å². The number of benzene rings is 1. The first-order valence-electron chi connectivity index (χ1n) is 5.48. The number of carboxylic acids is 1. The van der Waals surface area contributed by atoms with Crippen LogP contribution in [0.2, 0.25) is 0 Å². The lowest BCUT2D eigenvalue weighted by Gasteiger charge is -2.11. The summed E-state index contributed by atoms with van der Waals surface area (Å²) in [6.45, 7) is 5.34. The fraction of sp³-hybridized carbons (Fsp3) is 0.385. The molecule has 0 aliphatic carbocycles. The smallest absolute Gasteiger partial charge is 0.325 e. The maximum atomic E-state index is 11.6. The number of carbonyl (C=O) groups excluding carboxylic acids is 1. The Bertz CT molecular complexity index is 440. The summed E-state index contributed by atoms with van der Waals surface area (Å²) in [5.41, 5.74) is 3.05. The van der Waals surface area contributed by atoms with Crippen LogP contribution in [0.5, 0.6) is 0 Å². The van der Waals surface area contributed by atoms with Gasteiger partial charge in [-0.2, -0.15) is 0 Å². The van der Waals surface area contributed by atoms with Crippen molar-refractivity contribution in [1.82, 2.24) is 5.32 Å². The third-order valence-electron chi connectivity index (χ3n) is 2.60. The highest BCUT2D eigenvalue weighted by atomic mass is 16.4. The third-order valence-corrected chi connectivity index (χ3v) is 2.60. The molecule has 0 fully saturated rings. The molecule has 1 unspecified atom stereocenters. The number of rotatable bonds is 4. The number of carboxylic acid groups (broad SMARTS) is 1. The largest absolute Gasteiger partial charge is 0.480 e. The summed E-state index contributed by atoms with van der Waals surface area (Å²) in [4.78, 5) is 22.2. The Morgan fingerprint density at radius 2 is 2.00 bits per heavy atom. The molecular weight excluding hydrogens is 218 g/mol. The Labute approximate surface area is 101 Å². The van der Waals surface area contributed by atoms with Crippen molar-refractivity contribution in [3.05, 3.63) is 34.9 Å². The summed E-state index contributed by atoms with van der Waals surface area (Å²) >= 11 is 0. The lowest BCUT2D eigenvalue weighted by molar-refractivity contribution is -0.141. The summed E-state index contributed by atoms with van der Waals surface area (Å²) in [5.74, 6) is -1.30. The van der Waals surface area contributed by atoms with Crippen LogP contribution in [0.4, 0.5) is 0 Å². The Kier molecular flexibility index (Phi) is 4.26. The van der Waals surface area contributed by atoms with Crippen molar-refractivity contribution < 1.29 is 14.7 Å². The molecule has 0 radical (unpaired) electrons. The van der Waals surface area contributed by atoms with Gasteiger partial charge >= 0.3 is 5.97 Å². The van der Waals surface area contributed by atoms with E-state index in [1.54, 1.807) is 0 Å². The summed E-state index contributed by atoms with van der Waals surface area (Å²) < 4.78 is 0. The second-order valence-corrected chi connectivity index (χ2v) is 4.23. The molecule has 17 heavy (non-hydrogen) atoms. The van der Waals surface area contributed by atoms with Gasteiger partial charge in [0.25, 0.3) is 0 Å². The summed E-state index contributed by atoms with van der Waals surface area (Å²) in [6.07, 6.45) is 0.213. The van der Waals surface area contributed by atoms with Crippen molar-refractivity contribution in [2.75, 3.05) is 0 Å². The zero-order valence-electron chi connectivity index (χ0n) is 10.3. The van der Waals surface area contributed by atoms with Crippen LogP contribution in [0.3, 0.4) is 0 Å². The molecule has 1 amide bonds. The van der Waals surface area contributed by atoms with Crippen LogP contribution in [-0.2, 0) is 16.0 Å². The number of amides is 1. The van der Waals surface area contributed by atoms with Crippen molar-refractivity contribution in [1.29, 1.82) is 0 Å². The first-order valence-corrected chi connectivity index (χ1v) is 5.48. The molecule has 92 valence electrons. The second-order valence-electron chi connectivity index (χ2n) is 4.23. The van der Waals surface area contributed by atoms with Crippen molar-refractivity contribution in [3.63, 3.8) is 0 Å². The van der Waals surface area contributed by atoms with Crippen molar-refractivity contribution in [2.45, 2.75) is 33.2 Å². The lowest BCUT2D eigenvalue weighted by atomic mass is 10.0. The molecule has 0 aliphatic rings. The maximum Gasteiger partial charge on any atom is 0.325 e. The summed E-state index contributed by atoms with van der Waals surface area (Å²) in [5, 5.41) is 11.1. The van der Waals surface area contributed by atoms with Crippen molar-refractivity contribution in [3.8, 4) is 0 Å². The zero-order chi connectivity index (χ0) is 13.0. The number of carbonyl (C=O) groups is 2. The molecule has 1 atom stereocenters. The number of nitrogens with one attached hydrogen (secondary N) is 1. The average molecular weight is 235 g/mol. The molecule has 0 bridgehead atoms. The Balaban J connectivity index is 2.68. The first kappa shape index (κ1) is 13.2. The van der Waals surface area contributed by atoms with Gasteiger partial charge in [0.15, 0.2) is 0 Å². The van der Waals surface area contributed by atoms with Crippen LogP contribution in [0, 0.1) is 13.8 Å². The van der Waals surface area contributed by atoms with E-state index in [-0.39, 0.29) is 12.3 Å². The fourth-order valence-electron chi connectivity index (χ4n) is 1.52. The minimum atomic E-state index is -1.03. The van der Waals surface area contributed by atoms with Gasteiger partial charge in [-0.05, 0) is 31.9 Å². The van der Waals surface area contributed by atoms with Gasteiger partial charge in [0.2, 0.25) is 5.91 Å². The van der Waals surface area contributed by atoms with Gasteiger partial charge in [-0.15, -0.1) is 0 Å². The normalized spacial score (nSPS) is 11.9. The zero-order valence-corrected chi connectivity index (χ0v) is 10.3. The SMILES string of the molecule is Cc1ccc(C)c(CC(=O)NC(C)C(=O)O)c1. The molecule has 0 aromatic heterocycles. The lowest BCUT2D eigenvalue weighted by Crippen LogP contribution is -2.39. The molecule has 4 nitrogen and oxygen atoms in total. The van der Waals surface area contributed by atoms with Crippen LogP contribution in [0.15, 0.2) is 18.2 Å². The van der Waals surface area contributed by atoms with Crippen molar-refractivity contribution in [2.24, 2.45) is 0 Å². The van der Waals surface area contributed by atoms with Gasteiger partial charge in [-0.1, -0.05) is 23.8 Å². The van der Waals surface area contributed by atoms with E-state index in [1.165, 1.54) is 6.92 Å². The van der Waals surface area contributed by atoms with Crippen LogP contribution < -0.4 is 5.32 Å². The highest BCUT2D eigenvalue weighted by Gasteiger charge is 2.14. The van der Waals surface area contributed by atoms with Gasteiger partial charge < -0.3 is 10.4 Å². The molecule has 0 heterocycles. The monoisotopic (exact) mass is 235 g/mol. The number of hydrogen-bond acceptors (Lipinski definition) is 2. The maximum absolute atomic E-state index is 11.6. The molecule has 1 aromatic carbocycles. The van der Waals surface area contributed by atoms with E-state index in [2.05, 4.69) is 5.32 Å². The van der Waals surface area contributed by atoms with E-state index < -0.39 is 12.0 Å². The van der Waals surface area contributed by atoms with Gasteiger partial charge in [0.1, 0.15) is 6.04 Å². The molecule has 1 rings (SSSR count). The van der Waals surface area contributed by atoms with E-state index in [1.807, 2.05) is 32.0 Å². The number of aliphatic carboxylic acids is 1.